The molecular formula is C16H11Cl2FN4O. The van der Waals surface area contributed by atoms with Gasteiger partial charge in [0.15, 0.2) is 5.82 Å². The Hall–Kier alpha value is -2.18. The molecule has 2 N–H and O–H groups in total. The smallest absolute Gasteiger partial charge is 0.231 e. The fraction of sp³-hybridized carbons (Fsp3) is 0.188. The highest BCUT2D eigenvalue weighted by atomic mass is 35.5. The quantitative estimate of drug-likeness (QED) is 0.730. The Morgan fingerprint density at radius 3 is 2.67 bits per heavy atom. The highest BCUT2D eigenvalue weighted by molar-refractivity contribution is 6.39. The van der Waals surface area contributed by atoms with Crippen molar-refractivity contribution < 1.29 is 9.18 Å². The number of pyridine rings is 1. The molecule has 1 fully saturated rings. The molecule has 2 heterocycles. The second kappa shape index (κ2) is 5.72. The van der Waals surface area contributed by atoms with Crippen LogP contribution in [0.1, 0.15) is 6.42 Å². The Morgan fingerprint density at radius 2 is 2.00 bits per heavy atom. The molecule has 1 aromatic carbocycles. The van der Waals surface area contributed by atoms with Crippen molar-refractivity contribution in [1.29, 1.82) is 0 Å². The van der Waals surface area contributed by atoms with E-state index < -0.39 is 12.1 Å². The predicted octanol–water partition coefficient (Wildman–Crippen LogP) is 4.23. The first-order valence-corrected chi connectivity index (χ1v) is 8.04. The van der Waals surface area contributed by atoms with Crippen LogP contribution >= 0.6 is 23.2 Å². The third kappa shape index (κ3) is 2.61. The summed E-state index contributed by atoms with van der Waals surface area (Å²) in [5.41, 5.74) is 1.70. The number of carbonyl (C=O) groups excluding carboxylic acids is 1. The number of nitrogens with one attached hydrogen (secondary N) is 2. The summed E-state index contributed by atoms with van der Waals surface area (Å²) in [6.45, 7) is 0. The van der Waals surface area contributed by atoms with E-state index in [2.05, 4.69) is 20.3 Å². The molecule has 2 atom stereocenters. The molecule has 0 radical (unpaired) electrons. The van der Waals surface area contributed by atoms with Gasteiger partial charge in [0.2, 0.25) is 5.91 Å². The van der Waals surface area contributed by atoms with Gasteiger partial charge < -0.3 is 10.3 Å². The molecule has 2 aromatic heterocycles. The molecule has 24 heavy (non-hydrogen) atoms. The molecule has 1 amide bonds. The Morgan fingerprint density at radius 1 is 1.29 bits per heavy atom. The number of fused-ring (bicyclic) bond motifs is 1. The molecule has 0 saturated heterocycles. The zero-order valence-electron chi connectivity index (χ0n) is 12.2. The average molecular weight is 365 g/mol. The van der Waals surface area contributed by atoms with Gasteiger partial charge in [-0.3, -0.25) is 4.79 Å². The number of carbonyl (C=O) groups is 1. The highest BCUT2D eigenvalue weighted by Gasteiger charge is 2.43. The molecule has 0 unspecified atom stereocenters. The third-order valence-corrected chi connectivity index (χ3v) is 4.53. The third-order valence-electron chi connectivity index (χ3n) is 3.90. The maximum Gasteiger partial charge on any atom is 0.231 e. The number of alkyl halides is 1. The number of amides is 1. The predicted molar refractivity (Wildman–Crippen MR) is 91.0 cm³/mol. The van der Waals surface area contributed by atoms with E-state index >= 15 is 0 Å². The number of anilines is 1. The minimum atomic E-state index is -1.07. The van der Waals surface area contributed by atoms with Crippen LogP contribution in [0.15, 0.2) is 30.5 Å². The minimum Gasteiger partial charge on any atom is -0.335 e. The van der Waals surface area contributed by atoms with Crippen LogP contribution in [0.4, 0.5) is 10.2 Å². The molecule has 5 nitrogen and oxygen atoms in total. The number of halogens is 3. The normalized spacial score (nSPS) is 19.5. The maximum absolute atomic E-state index is 13.0. The van der Waals surface area contributed by atoms with Gasteiger partial charge in [-0.2, -0.15) is 0 Å². The molecule has 1 aliphatic rings. The van der Waals surface area contributed by atoms with E-state index in [1.54, 1.807) is 24.3 Å². The first kappa shape index (κ1) is 15.4. The summed E-state index contributed by atoms with van der Waals surface area (Å²) in [5, 5.41) is 3.56. The van der Waals surface area contributed by atoms with Crippen LogP contribution in [0.25, 0.3) is 22.4 Å². The van der Waals surface area contributed by atoms with Crippen molar-refractivity contribution in [2.24, 2.45) is 5.92 Å². The largest absolute Gasteiger partial charge is 0.335 e. The number of rotatable bonds is 3. The van der Waals surface area contributed by atoms with Crippen molar-refractivity contribution in [2.75, 3.05) is 5.32 Å². The lowest BCUT2D eigenvalue weighted by Gasteiger charge is -2.04. The van der Waals surface area contributed by atoms with E-state index in [0.29, 0.717) is 38.3 Å². The Balaban J connectivity index is 1.76. The number of hydrogen-bond acceptors (Lipinski definition) is 3. The maximum atomic E-state index is 13.0. The summed E-state index contributed by atoms with van der Waals surface area (Å²) in [4.78, 5) is 23.6. The van der Waals surface area contributed by atoms with E-state index in [4.69, 9.17) is 23.2 Å². The average Bonchev–Trinajstić information content (AvgIpc) is 3.11. The van der Waals surface area contributed by atoms with Crippen LogP contribution in [0.5, 0.6) is 0 Å². The first-order valence-electron chi connectivity index (χ1n) is 7.28. The van der Waals surface area contributed by atoms with E-state index in [1.165, 1.54) is 6.20 Å². The summed E-state index contributed by atoms with van der Waals surface area (Å²) in [7, 11) is 0. The number of aromatic amines is 1. The zero-order valence-corrected chi connectivity index (χ0v) is 13.7. The molecule has 122 valence electrons. The van der Waals surface area contributed by atoms with Crippen molar-refractivity contribution in [3.63, 3.8) is 0 Å². The number of imidazole rings is 1. The standard InChI is InChI=1S/C16H11Cl2FN4O/c17-8-2-1-3-9(18)12(8)14-21-11-4-5-20-15(13(11)22-14)23-16(24)7-6-10(7)19/h1-5,7,10H,6H2,(H,21,22)(H,20,23,24)/t7-,10-/m1/s1. The summed E-state index contributed by atoms with van der Waals surface area (Å²) >= 11 is 12.4. The second-order valence-corrected chi connectivity index (χ2v) is 6.40. The second-order valence-electron chi connectivity index (χ2n) is 5.58. The van der Waals surface area contributed by atoms with Crippen LogP contribution < -0.4 is 5.32 Å². The SMILES string of the molecule is O=C(Nc1nccc2nc(-c3c(Cl)cccc3Cl)[nH]c12)[C@@H]1C[C@H]1F. The van der Waals surface area contributed by atoms with Crippen LogP contribution in [0.3, 0.4) is 0 Å². The molecule has 3 aromatic rings. The van der Waals surface area contributed by atoms with Crippen molar-refractivity contribution in [1.82, 2.24) is 15.0 Å². The van der Waals surface area contributed by atoms with Gasteiger partial charge in [-0.25, -0.2) is 14.4 Å². The molecule has 1 aliphatic carbocycles. The van der Waals surface area contributed by atoms with Gasteiger partial charge in [0.25, 0.3) is 0 Å². The Kier molecular flexibility index (Phi) is 3.66. The molecule has 0 aliphatic heterocycles. The van der Waals surface area contributed by atoms with Gasteiger partial charge in [0.1, 0.15) is 17.5 Å². The highest BCUT2D eigenvalue weighted by Crippen LogP contribution is 2.36. The van der Waals surface area contributed by atoms with Crippen LogP contribution in [-0.4, -0.2) is 27.0 Å². The lowest BCUT2D eigenvalue weighted by Crippen LogP contribution is -2.16. The van der Waals surface area contributed by atoms with E-state index in [0.717, 1.165) is 0 Å². The lowest BCUT2D eigenvalue weighted by atomic mass is 10.2. The van der Waals surface area contributed by atoms with Gasteiger partial charge in [0.05, 0.1) is 27.0 Å². The molecule has 4 rings (SSSR count). The lowest BCUT2D eigenvalue weighted by molar-refractivity contribution is -0.117. The van der Waals surface area contributed by atoms with E-state index in [-0.39, 0.29) is 12.3 Å². The fourth-order valence-corrected chi connectivity index (χ4v) is 3.09. The summed E-state index contributed by atoms with van der Waals surface area (Å²) < 4.78 is 13.0. The number of hydrogen-bond donors (Lipinski definition) is 2. The number of aromatic nitrogens is 3. The van der Waals surface area contributed by atoms with E-state index in [1.807, 2.05) is 0 Å². The summed E-state index contributed by atoms with van der Waals surface area (Å²) in [5.74, 6) is -0.200. The van der Waals surface area contributed by atoms with Crippen molar-refractivity contribution >= 4 is 46.0 Å². The molecule has 0 spiro atoms. The van der Waals surface area contributed by atoms with E-state index in [9.17, 15) is 9.18 Å². The van der Waals surface area contributed by atoms with Crippen LogP contribution in [0.2, 0.25) is 10.0 Å². The van der Waals surface area contributed by atoms with Gasteiger partial charge in [-0.15, -0.1) is 0 Å². The Labute approximate surface area is 146 Å². The monoisotopic (exact) mass is 364 g/mol. The van der Waals surface area contributed by atoms with Crippen LogP contribution in [0, 0.1) is 5.92 Å². The topological polar surface area (TPSA) is 70.7 Å². The first-order chi connectivity index (χ1) is 11.5. The summed E-state index contributed by atoms with van der Waals surface area (Å²) in [6, 6.07) is 6.87. The fourth-order valence-electron chi connectivity index (χ4n) is 2.52. The van der Waals surface area contributed by atoms with Crippen molar-refractivity contribution in [3.8, 4) is 11.4 Å². The molecule has 8 heteroatoms. The number of H-pyrrole nitrogens is 1. The van der Waals surface area contributed by atoms with Crippen LogP contribution in [-0.2, 0) is 4.79 Å². The Bertz CT molecular complexity index is 938. The molecule has 0 bridgehead atoms. The van der Waals surface area contributed by atoms with Gasteiger partial charge in [-0.1, -0.05) is 29.3 Å². The van der Waals surface area contributed by atoms with Crippen molar-refractivity contribution in [3.05, 3.63) is 40.5 Å². The minimum absolute atomic E-state index is 0.255. The number of benzene rings is 1. The van der Waals surface area contributed by atoms with Gasteiger partial charge >= 0.3 is 0 Å². The zero-order chi connectivity index (χ0) is 16.8. The summed E-state index contributed by atoms with van der Waals surface area (Å²) in [6.07, 6.45) is 0.713. The molecular weight excluding hydrogens is 354 g/mol. The number of nitrogens with zero attached hydrogens (tertiary/aromatic N) is 2. The van der Waals surface area contributed by atoms with Crippen molar-refractivity contribution in [2.45, 2.75) is 12.6 Å². The molecule has 1 saturated carbocycles. The van der Waals surface area contributed by atoms with Gasteiger partial charge in [-0.05, 0) is 24.6 Å². The van der Waals surface area contributed by atoms with Gasteiger partial charge in [0, 0.05) is 6.20 Å².